The first-order valence-electron chi connectivity index (χ1n) is 11.1. The largest absolute Gasteiger partial charge is 0.357 e. The van der Waals surface area contributed by atoms with Crippen molar-refractivity contribution in [2.24, 2.45) is 4.99 Å². The highest BCUT2D eigenvalue weighted by molar-refractivity contribution is 14.0. The monoisotopic (exact) mass is 563 g/mol. The van der Waals surface area contributed by atoms with Crippen LogP contribution in [-0.2, 0) is 13.1 Å². The van der Waals surface area contributed by atoms with Crippen LogP contribution in [0.15, 0.2) is 60.0 Å². The molecule has 176 valence electrons. The number of pyridine rings is 1. The molecular weight excluding hydrogens is 532 g/mol. The summed E-state index contributed by atoms with van der Waals surface area (Å²) < 4.78 is 16.2. The summed E-state index contributed by atoms with van der Waals surface area (Å²) in [5, 5.41) is 6.82. The summed E-state index contributed by atoms with van der Waals surface area (Å²) in [4.78, 5) is 15.3. The fraction of sp³-hybridized carbons (Fsp3) is 0.375. The van der Waals surface area contributed by atoms with Gasteiger partial charge in [-0.05, 0) is 43.5 Å². The van der Waals surface area contributed by atoms with Crippen LogP contribution in [-0.4, -0.2) is 46.2 Å². The molecule has 3 heterocycles. The molecule has 0 bridgehead atoms. The van der Waals surface area contributed by atoms with Crippen LogP contribution in [0.5, 0.6) is 0 Å². The maximum atomic E-state index is 14.1. The topological polar surface area (TPSA) is 70.4 Å². The minimum atomic E-state index is -0.278. The molecule has 0 saturated carbocycles. The van der Waals surface area contributed by atoms with Gasteiger partial charge < -0.3 is 20.1 Å². The molecule has 0 aliphatic carbocycles. The Morgan fingerprint density at radius 3 is 2.79 bits per heavy atom. The zero-order valence-corrected chi connectivity index (χ0v) is 21.4. The molecule has 1 aliphatic rings. The molecule has 0 amide bonds. The molecule has 7 nitrogen and oxygen atoms in total. The maximum Gasteiger partial charge on any atom is 0.191 e. The molecule has 1 atom stereocenters. The number of rotatable bonds is 7. The third-order valence-corrected chi connectivity index (χ3v) is 5.60. The third kappa shape index (κ3) is 6.66. The van der Waals surface area contributed by atoms with Crippen LogP contribution in [0.25, 0.3) is 0 Å². The molecule has 2 N–H and O–H groups in total. The van der Waals surface area contributed by atoms with E-state index in [4.69, 9.17) is 4.99 Å². The zero-order chi connectivity index (χ0) is 22.3. The van der Waals surface area contributed by atoms with Gasteiger partial charge in [0.05, 0.1) is 6.54 Å². The fourth-order valence-corrected chi connectivity index (χ4v) is 3.96. The van der Waals surface area contributed by atoms with Crippen LogP contribution in [0.1, 0.15) is 30.3 Å². The van der Waals surface area contributed by atoms with E-state index in [1.807, 2.05) is 24.2 Å². The lowest BCUT2D eigenvalue weighted by atomic mass is 10.1. The predicted molar refractivity (Wildman–Crippen MR) is 141 cm³/mol. The highest BCUT2D eigenvalue weighted by atomic mass is 127. The van der Waals surface area contributed by atoms with Gasteiger partial charge >= 0.3 is 0 Å². The zero-order valence-electron chi connectivity index (χ0n) is 19.0. The van der Waals surface area contributed by atoms with E-state index in [2.05, 4.69) is 56.4 Å². The molecule has 1 aliphatic heterocycles. The van der Waals surface area contributed by atoms with Crippen molar-refractivity contribution in [2.75, 3.05) is 24.5 Å². The fourth-order valence-electron chi connectivity index (χ4n) is 3.96. The number of nitrogens with one attached hydrogen (secondary N) is 2. The molecule has 1 fully saturated rings. The molecule has 33 heavy (non-hydrogen) atoms. The molecule has 4 rings (SSSR count). The van der Waals surface area contributed by atoms with Gasteiger partial charge in [0.1, 0.15) is 5.82 Å². The van der Waals surface area contributed by atoms with E-state index in [0.717, 1.165) is 43.4 Å². The maximum absolute atomic E-state index is 14.1. The number of halogens is 2. The van der Waals surface area contributed by atoms with Crippen molar-refractivity contribution in [1.82, 2.24) is 25.2 Å². The van der Waals surface area contributed by atoms with Crippen LogP contribution >= 0.6 is 24.0 Å². The van der Waals surface area contributed by atoms with Crippen LogP contribution in [0.2, 0.25) is 0 Å². The van der Waals surface area contributed by atoms with E-state index in [1.165, 1.54) is 11.6 Å². The van der Waals surface area contributed by atoms with Gasteiger partial charge in [-0.15, -0.1) is 24.0 Å². The summed E-state index contributed by atoms with van der Waals surface area (Å²) in [5.41, 5.74) is 2.38. The summed E-state index contributed by atoms with van der Waals surface area (Å²) in [5.74, 6) is 1.92. The number of benzene rings is 1. The second-order valence-electron chi connectivity index (χ2n) is 8.00. The van der Waals surface area contributed by atoms with E-state index in [0.29, 0.717) is 18.9 Å². The molecule has 3 aromatic rings. The van der Waals surface area contributed by atoms with Gasteiger partial charge in [0.2, 0.25) is 0 Å². The number of hydrogen-bond acceptors (Lipinski definition) is 4. The van der Waals surface area contributed by atoms with Gasteiger partial charge in [0.25, 0.3) is 0 Å². The number of imidazole rings is 1. The van der Waals surface area contributed by atoms with E-state index in [9.17, 15) is 4.39 Å². The van der Waals surface area contributed by atoms with E-state index < -0.39 is 0 Å². The van der Waals surface area contributed by atoms with Crippen molar-refractivity contribution >= 4 is 35.8 Å². The van der Waals surface area contributed by atoms with Crippen LogP contribution in [0.4, 0.5) is 10.2 Å². The first kappa shape index (κ1) is 24.9. The minimum Gasteiger partial charge on any atom is -0.357 e. The van der Waals surface area contributed by atoms with E-state index >= 15 is 0 Å². The summed E-state index contributed by atoms with van der Waals surface area (Å²) in [7, 11) is 0. The molecule has 2 aromatic heterocycles. The van der Waals surface area contributed by atoms with Crippen molar-refractivity contribution in [3.8, 4) is 0 Å². The van der Waals surface area contributed by atoms with Crippen molar-refractivity contribution in [3.63, 3.8) is 0 Å². The van der Waals surface area contributed by atoms with Gasteiger partial charge in [0.15, 0.2) is 17.6 Å². The lowest BCUT2D eigenvalue weighted by Gasteiger charge is -2.20. The molecule has 0 spiro atoms. The summed E-state index contributed by atoms with van der Waals surface area (Å²) >= 11 is 0. The Balaban J connectivity index is 0.00000306. The van der Waals surface area contributed by atoms with Gasteiger partial charge in [-0.3, -0.25) is 0 Å². The third-order valence-electron chi connectivity index (χ3n) is 5.60. The first-order chi connectivity index (χ1) is 15.6. The number of aliphatic imine (C=N–C) groups is 1. The summed E-state index contributed by atoms with van der Waals surface area (Å²) in [6.07, 6.45) is 6.35. The Bertz CT molecular complexity index is 1070. The molecule has 1 aromatic carbocycles. The van der Waals surface area contributed by atoms with Crippen molar-refractivity contribution in [3.05, 3.63) is 77.8 Å². The van der Waals surface area contributed by atoms with Crippen LogP contribution < -0.4 is 15.5 Å². The molecule has 9 heteroatoms. The molecule has 1 unspecified atom stereocenters. The Hall–Kier alpha value is -2.69. The second kappa shape index (κ2) is 12.0. The van der Waals surface area contributed by atoms with Crippen LogP contribution in [0.3, 0.4) is 0 Å². The van der Waals surface area contributed by atoms with Gasteiger partial charge in [-0.2, -0.15) is 0 Å². The number of anilines is 1. The summed E-state index contributed by atoms with van der Waals surface area (Å²) in [6, 6.07) is 11.7. The number of aryl methyl sites for hydroxylation is 1. The van der Waals surface area contributed by atoms with Crippen molar-refractivity contribution in [1.29, 1.82) is 0 Å². The molecule has 1 saturated heterocycles. The van der Waals surface area contributed by atoms with Gasteiger partial charge in [-0.1, -0.05) is 24.3 Å². The Morgan fingerprint density at radius 2 is 2.03 bits per heavy atom. The predicted octanol–water partition coefficient (Wildman–Crippen LogP) is 3.73. The highest BCUT2D eigenvalue weighted by Gasteiger charge is 2.25. The van der Waals surface area contributed by atoms with E-state index in [1.54, 1.807) is 12.3 Å². The minimum absolute atomic E-state index is 0. The number of nitrogens with zero attached hydrogens (tertiary/aromatic N) is 5. The Labute approximate surface area is 211 Å². The molecular formula is C24H31FIN7. The number of guanidine groups is 1. The smallest absolute Gasteiger partial charge is 0.191 e. The van der Waals surface area contributed by atoms with Crippen molar-refractivity contribution < 1.29 is 4.39 Å². The lowest BCUT2D eigenvalue weighted by Crippen LogP contribution is -2.44. The highest BCUT2D eigenvalue weighted by Crippen LogP contribution is 2.20. The normalized spacial score (nSPS) is 15.9. The first-order valence-corrected chi connectivity index (χ1v) is 11.1. The van der Waals surface area contributed by atoms with Crippen LogP contribution in [0, 0.1) is 12.7 Å². The van der Waals surface area contributed by atoms with Gasteiger partial charge in [-0.25, -0.2) is 19.4 Å². The summed E-state index contributed by atoms with van der Waals surface area (Å²) in [6.45, 7) is 7.67. The van der Waals surface area contributed by atoms with Gasteiger partial charge in [0, 0.05) is 50.8 Å². The molecule has 0 radical (unpaired) electrons. The lowest BCUT2D eigenvalue weighted by molar-refractivity contribution is 0.612. The van der Waals surface area contributed by atoms with Crippen molar-refractivity contribution in [2.45, 2.75) is 39.4 Å². The second-order valence-corrected chi connectivity index (χ2v) is 8.00. The number of hydrogen-bond donors (Lipinski definition) is 2. The Morgan fingerprint density at radius 1 is 1.18 bits per heavy atom. The average Bonchev–Trinajstić information content (AvgIpc) is 3.42. The average molecular weight is 563 g/mol. The quantitative estimate of drug-likeness (QED) is 0.261. The SMILES string of the molecule is CCNC(=NCc1cccc(Cn2ccnc2C)c1)NC1CCN(c2ncccc2F)C1.I. The van der Waals surface area contributed by atoms with E-state index in [-0.39, 0.29) is 35.8 Å². The Kier molecular flexibility index (Phi) is 9.04. The number of aromatic nitrogens is 3. The standard InChI is InChI=1S/C24H30FN7.HI/c1-3-26-24(30-21-9-12-32(17-21)23-22(25)8-5-10-28-23)29-15-19-6-4-7-20(14-19)16-31-13-11-27-18(31)2;/h4-8,10-11,13-14,21H,3,9,12,15-17H2,1-2H3,(H2,26,29,30);1H.